The molecule has 5 heteroatoms. The Balaban J connectivity index is 3.18. The number of aryl methyl sites for hydroxylation is 2. The summed E-state index contributed by atoms with van der Waals surface area (Å²) in [4.78, 5) is 18.0. The van der Waals surface area contributed by atoms with Gasteiger partial charge in [0.25, 0.3) is 0 Å². The molecule has 0 spiro atoms. The fourth-order valence-electron chi connectivity index (χ4n) is 1.01. The summed E-state index contributed by atoms with van der Waals surface area (Å²) >= 11 is 0. The highest BCUT2D eigenvalue weighted by Crippen LogP contribution is 2.15. The van der Waals surface area contributed by atoms with Gasteiger partial charge in [0.1, 0.15) is 0 Å². The quantitative estimate of drug-likeness (QED) is 0.617. The average Bonchev–Trinajstić information content (AvgIpc) is 1.96. The third-order valence-electron chi connectivity index (χ3n) is 1.49. The first-order valence-corrected chi connectivity index (χ1v) is 3.46. The summed E-state index contributed by atoms with van der Waals surface area (Å²) in [5.41, 5.74) is 7.36. The number of rotatable bonds is 2. The number of hydrogen-bond donors (Lipinski definition) is 2. The molecular weight excluding hydrogens is 156 g/mol. The van der Waals surface area contributed by atoms with Crippen LogP contribution in [0, 0.1) is 13.8 Å². The number of aromatic nitrogens is 2. The largest absolute Gasteiger partial charge is 0.368 e. The van der Waals surface area contributed by atoms with Gasteiger partial charge in [-0.2, -0.15) is 0 Å². The fraction of sp³-hybridized carbons (Fsp3) is 0.286. The highest BCUT2D eigenvalue weighted by atomic mass is 16.1. The second-order valence-electron chi connectivity index (χ2n) is 2.39. The zero-order valence-electron chi connectivity index (χ0n) is 6.96. The number of amides is 1. The first-order valence-electron chi connectivity index (χ1n) is 3.46. The van der Waals surface area contributed by atoms with E-state index in [9.17, 15) is 4.79 Å². The molecule has 0 bridgehead atoms. The van der Waals surface area contributed by atoms with Crippen molar-refractivity contribution >= 4 is 18.0 Å². The van der Waals surface area contributed by atoms with Crippen molar-refractivity contribution in [1.29, 1.82) is 0 Å². The van der Waals surface area contributed by atoms with Gasteiger partial charge in [0.15, 0.2) is 0 Å². The van der Waals surface area contributed by atoms with E-state index >= 15 is 0 Å². The molecular formula is C7H10N4O. The molecule has 0 aliphatic heterocycles. The number of anilines is 2. The van der Waals surface area contributed by atoms with Crippen LogP contribution >= 0.6 is 0 Å². The first kappa shape index (κ1) is 8.45. The van der Waals surface area contributed by atoms with Gasteiger partial charge in [-0.15, -0.1) is 0 Å². The second-order valence-corrected chi connectivity index (χ2v) is 2.39. The lowest BCUT2D eigenvalue weighted by molar-refractivity contribution is -0.105. The predicted molar refractivity (Wildman–Crippen MR) is 45.6 cm³/mol. The Labute approximate surface area is 70.0 Å². The average molecular weight is 166 g/mol. The molecule has 1 heterocycles. The standard InChI is InChI=1S/C7H10N4O/c1-4-6(9-3-12)5(2)11-7(8)10-4/h3H,1-2H3,(H,9,12)(H2,8,10,11). The minimum absolute atomic E-state index is 0.224. The molecule has 1 aromatic rings. The van der Waals surface area contributed by atoms with Gasteiger partial charge in [0.05, 0.1) is 17.1 Å². The molecule has 0 aliphatic rings. The van der Waals surface area contributed by atoms with Gasteiger partial charge in [-0.05, 0) is 13.8 Å². The molecule has 1 rings (SSSR count). The second kappa shape index (κ2) is 3.17. The third kappa shape index (κ3) is 1.50. The molecule has 0 atom stereocenters. The Hall–Kier alpha value is -1.65. The number of nitrogens with one attached hydrogen (secondary N) is 1. The minimum atomic E-state index is 0.224. The Bertz CT molecular complexity index is 287. The molecule has 0 fully saturated rings. The van der Waals surface area contributed by atoms with Crippen LogP contribution in [0.1, 0.15) is 11.4 Å². The van der Waals surface area contributed by atoms with Crippen LogP contribution in [0.15, 0.2) is 0 Å². The van der Waals surface area contributed by atoms with Gasteiger partial charge < -0.3 is 11.1 Å². The first-order chi connectivity index (χ1) is 5.65. The molecule has 0 aromatic carbocycles. The van der Waals surface area contributed by atoms with Crippen molar-refractivity contribution in [3.05, 3.63) is 11.4 Å². The molecule has 5 nitrogen and oxygen atoms in total. The van der Waals surface area contributed by atoms with Crippen molar-refractivity contribution in [1.82, 2.24) is 9.97 Å². The Morgan fingerprint density at radius 3 is 2.25 bits per heavy atom. The monoisotopic (exact) mass is 166 g/mol. The van der Waals surface area contributed by atoms with Gasteiger partial charge >= 0.3 is 0 Å². The lowest BCUT2D eigenvalue weighted by atomic mass is 10.3. The Kier molecular flexibility index (Phi) is 2.23. The van der Waals surface area contributed by atoms with Crippen molar-refractivity contribution in [3.63, 3.8) is 0 Å². The molecule has 0 saturated heterocycles. The van der Waals surface area contributed by atoms with Gasteiger partial charge in [0.2, 0.25) is 12.4 Å². The van der Waals surface area contributed by atoms with E-state index in [0.29, 0.717) is 23.5 Å². The molecule has 0 unspecified atom stereocenters. The molecule has 12 heavy (non-hydrogen) atoms. The maximum atomic E-state index is 10.2. The number of carbonyl (C=O) groups is 1. The van der Waals surface area contributed by atoms with Crippen LogP contribution in [0.3, 0.4) is 0 Å². The predicted octanol–water partition coefficient (Wildman–Crippen LogP) is 0.244. The van der Waals surface area contributed by atoms with Crippen LogP contribution in [0.5, 0.6) is 0 Å². The summed E-state index contributed by atoms with van der Waals surface area (Å²) in [5, 5.41) is 2.51. The summed E-state index contributed by atoms with van der Waals surface area (Å²) in [5.74, 6) is 0.224. The zero-order chi connectivity index (χ0) is 9.14. The van der Waals surface area contributed by atoms with E-state index in [-0.39, 0.29) is 5.95 Å². The van der Waals surface area contributed by atoms with Crippen LogP contribution in [0.4, 0.5) is 11.6 Å². The van der Waals surface area contributed by atoms with Gasteiger partial charge in [0, 0.05) is 0 Å². The zero-order valence-corrected chi connectivity index (χ0v) is 6.96. The number of carbonyl (C=O) groups excluding carboxylic acids is 1. The number of nitrogen functional groups attached to an aromatic ring is 1. The summed E-state index contributed by atoms with van der Waals surface area (Å²) < 4.78 is 0. The number of hydrogen-bond acceptors (Lipinski definition) is 4. The van der Waals surface area contributed by atoms with Gasteiger partial charge in [-0.1, -0.05) is 0 Å². The highest BCUT2D eigenvalue weighted by Gasteiger charge is 2.04. The lowest BCUT2D eigenvalue weighted by Crippen LogP contribution is -2.06. The van der Waals surface area contributed by atoms with E-state index in [1.165, 1.54) is 0 Å². The van der Waals surface area contributed by atoms with Crippen molar-refractivity contribution in [2.45, 2.75) is 13.8 Å². The Morgan fingerprint density at radius 1 is 1.33 bits per heavy atom. The van der Waals surface area contributed by atoms with Crippen molar-refractivity contribution in [2.24, 2.45) is 0 Å². The van der Waals surface area contributed by atoms with Crippen LogP contribution in [-0.4, -0.2) is 16.4 Å². The molecule has 0 radical (unpaired) electrons. The molecule has 64 valence electrons. The van der Waals surface area contributed by atoms with Crippen LogP contribution in [-0.2, 0) is 4.79 Å². The van der Waals surface area contributed by atoms with E-state index < -0.39 is 0 Å². The topological polar surface area (TPSA) is 80.9 Å². The number of nitrogens with zero attached hydrogens (tertiary/aromatic N) is 2. The third-order valence-corrected chi connectivity index (χ3v) is 1.49. The normalized spacial score (nSPS) is 9.50. The van der Waals surface area contributed by atoms with Crippen LogP contribution < -0.4 is 11.1 Å². The Morgan fingerprint density at radius 2 is 1.83 bits per heavy atom. The van der Waals surface area contributed by atoms with Gasteiger partial charge in [-0.3, -0.25) is 4.79 Å². The summed E-state index contributed by atoms with van der Waals surface area (Å²) in [6.45, 7) is 3.52. The molecule has 3 N–H and O–H groups in total. The highest BCUT2D eigenvalue weighted by molar-refractivity contribution is 5.74. The van der Waals surface area contributed by atoms with E-state index in [1.807, 2.05) is 0 Å². The fourth-order valence-corrected chi connectivity index (χ4v) is 1.01. The lowest BCUT2D eigenvalue weighted by Gasteiger charge is -2.06. The maximum absolute atomic E-state index is 10.2. The van der Waals surface area contributed by atoms with E-state index in [1.54, 1.807) is 13.8 Å². The van der Waals surface area contributed by atoms with Crippen molar-refractivity contribution < 1.29 is 4.79 Å². The smallest absolute Gasteiger partial charge is 0.220 e. The summed E-state index contributed by atoms with van der Waals surface area (Å²) in [6, 6.07) is 0. The number of nitrogens with two attached hydrogens (primary N) is 1. The van der Waals surface area contributed by atoms with Gasteiger partial charge in [-0.25, -0.2) is 9.97 Å². The van der Waals surface area contributed by atoms with Crippen LogP contribution in [0.2, 0.25) is 0 Å². The van der Waals surface area contributed by atoms with E-state index in [0.717, 1.165) is 0 Å². The van der Waals surface area contributed by atoms with E-state index in [2.05, 4.69) is 15.3 Å². The SMILES string of the molecule is Cc1nc(N)nc(C)c1NC=O. The summed E-state index contributed by atoms with van der Waals surface area (Å²) in [6.07, 6.45) is 0.592. The van der Waals surface area contributed by atoms with Crippen molar-refractivity contribution in [2.75, 3.05) is 11.1 Å². The molecule has 0 saturated carbocycles. The van der Waals surface area contributed by atoms with Crippen molar-refractivity contribution in [3.8, 4) is 0 Å². The molecule has 0 aliphatic carbocycles. The molecule has 1 aromatic heterocycles. The maximum Gasteiger partial charge on any atom is 0.220 e. The minimum Gasteiger partial charge on any atom is -0.368 e. The summed E-state index contributed by atoms with van der Waals surface area (Å²) in [7, 11) is 0. The van der Waals surface area contributed by atoms with E-state index in [4.69, 9.17) is 5.73 Å². The molecule has 1 amide bonds. The van der Waals surface area contributed by atoms with Crippen LogP contribution in [0.25, 0.3) is 0 Å².